The molecule has 0 aliphatic heterocycles. The maximum atomic E-state index is 13.4. The zero-order valence-corrected chi connectivity index (χ0v) is 16.6. The average Bonchev–Trinajstić information content (AvgIpc) is 3.10. The Labute approximate surface area is 167 Å². The van der Waals surface area contributed by atoms with Crippen LogP contribution in [-0.2, 0) is 13.0 Å². The molecule has 3 rings (SSSR count). The molecule has 0 fully saturated rings. The number of benzene rings is 1. The van der Waals surface area contributed by atoms with E-state index in [1.807, 2.05) is 19.1 Å². The van der Waals surface area contributed by atoms with Crippen LogP contribution in [0.2, 0.25) is 0 Å². The summed E-state index contributed by atoms with van der Waals surface area (Å²) in [4.78, 5) is 12.9. The Morgan fingerprint density at radius 2 is 2.14 bits per heavy atom. The number of guanidine groups is 1. The minimum atomic E-state index is -0.354. The van der Waals surface area contributed by atoms with Crippen LogP contribution in [0, 0.1) is 12.7 Å². The summed E-state index contributed by atoms with van der Waals surface area (Å²) in [6.07, 6.45) is 2.47. The van der Waals surface area contributed by atoms with Crippen LogP contribution in [0.4, 0.5) is 4.39 Å². The van der Waals surface area contributed by atoms with E-state index >= 15 is 0 Å². The maximum Gasteiger partial charge on any atom is 0.224 e. The fraction of sp³-hybridized carbons (Fsp3) is 0.250. The van der Waals surface area contributed by atoms with Crippen molar-refractivity contribution in [3.63, 3.8) is 0 Å². The molecule has 0 spiro atoms. The fourth-order valence-electron chi connectivity index (χ4n) is 2.52. The number of pyridine rings is 1. The molecule has 146 valence electrons. The summed E-state index contributed by atoms with van der Waals surface area (Å²) >= 11 is 1.65. The van der Waals surface area contributed by atoms with Crippen LogP contribution in [-0.4, -0.2) is 29.5 Å². The minimum absolute atomic E-state index is 0.354. The molecule has 0 radical (unpaired) electrons. The van der Waals surface area contributed by atoms with Crippen LogP contribution in [0.1, 0.15) is 16.3 Å². The van der Waals surface area contributed by atoms with E-state index in [2.05, 4.69) is 31.0 Å². The van der Waals surface area contributed by atoms with Gasteiger partial charge in [-0.1, -0.05) is 12.1 Å². The summed E-state index contributed by atoms with van der Waals surface area (Å²) in [6.45, 7) is 3.19. The molecule has 0 aliphatic carbocycles. The van der Waals surface area contributed by atoms with Gasteiger partial charge in [0, 0.05) is 49.8 Å². The molecule has 0 bridgehead atoms. The number of hydrogen-bond acceptors (Lipinski definition) is 5. The van der Waals surface area contributed by atoms with Crippen molar-refractivity contribution < 1.29 is 9.13 Å². The quantitative estimate of drug-likeness (QED) is 0.468. The van der Waals surface area contributed by atoms with E-state index in [0.717, 1.165) is 29.2 Å². The predicted molar refractivity (Wildman–Crippen MR) is 109 cm³/mol. The molecule has 0 unspecified atom stereocenters. The van der Waals surface area contributed by atoms with Crippen LogP contribution in [0.5, 0.6) is 11.6 Å². The number of aromatic nitrogens is 2. The molecule has 1 aromatic carbocycles. The standard InChI is InChI=1S/C20H22FN5OS/c1-14-26-17(13-28-14)8-10-24-20(22-2)25-12-15-5-4-9-23-19(15)27-18-7-3-6-16(21)11-18/h3-7,9,11,13H,8,10,12H2,1-2H3,(H2,22,24,25). The Morgan fingerprint density at radius 3 is 2.89 bits per heavy atom. The van der Waals surface area contributed by atoms with Gasteiger partial charge in [-0.3, -0.25) is 4.99 Å². The number of thiazole rings is 1. The number of aliphatic imine (C=N–C) groups is 1. The van der Waals surface area contributed by atoms with Crippen molar-refractivity contribution in [3.8, 4) is 11.6 Å². The third kappa shape index (κ3) is 5.75. The van der Waals surface area contributed by atoms with E-state index in [0.29, 0.717) is 24.1 Å². The van der Waals surface area contributed by atoms with Crippen molar-refractivity contribution in [2.24, 2.45) is 4.99 Å². The molecule has 0 atom stereocenters. The highest BCUT2D eigenvalue weighted by Gasteiger charge is 2.08. The minimum Gasteiger partial charge on any atom is -0.439 e. The first-order valence-corrected chi connectivity index (χ1v) is 9.75. The zero-order chi connectivity index (χ0) is 19.8. The molecular formula is C20H22FN5OS. The van der Waals surface area contributed by atoms with Crippen molar-refractivity contribution in [2.45, 2.75) is 19.9 Å². The topological polar surface area (TPSA) is 71.4 Å². The zero-order valence-electron chi connectivity index (χ0n) is 15.8. The van der Waals surface area contributed by atoms with Gasteiger partial charge in [0.25, 0.3) is 0 Å². The number of rotatable bonds is 7. The Hall–Kier alpha value is -3.00. The number of nitrogens with one attached hydrogen (secondary N) is 2. The Balaban J connectivity index is 1.55. The first-order valence-electron chi connectivity index (χ1n) is 8.87. The van der Waals surface area contributed by atoms with Crippen molar-refractivity contribution >= 4 is 17.3 Å². The predicted octanol–water partition coefficient (Wildman–Crippen LogP) is 3.69. The summed E-state index contributed by atoms with van der Waals surface area (Å²) < 4.78 is 19.1. The SMILES string of the molecule is CN=C(NCCc1csc(C)n1)NCc1cccnc1Oc1cccc(F)c1. The van der Waals surface area contributed by atoms with Crippen LogP contribution in [0.3, 0.4) is 0 Å². The lowest BCUT2D eigenvalue weighted by atomic mass is 10.2. The first kappa shape index (κ1) is 19.8. The van der Waals surface area contributed by atoms with Gasteiger partial charge in [-0.05, 0) is 25.1 Å². The molecule has 0 saturated heterocycles. The van der Waals surface area contributed by atoms with Crippen molar-refractivity contribution in [3.05, 3.63) is 70.1 Å². The van der Waals surface area contributed by atoms with Gasteiger partial charge in [0.15, 0.2) is 5.96 Å². The van der Waals surface area contributed by atoms with Gasteiger partial charge in [0.1, 0.15) is 11.6 Å². The van der Waals surface area contributed by atoms with Gasteiger partial charge in [0.05, 0.1) is 10.7 Å². The molecule has 3 aromatic rings. The van der Waals surface area contributed by atoms with Gasteiger partial charge < -0.3 is 15.4 Å². The van der Waals surface area contributed by atoms with Gasteiger partial charge in [0.2, 0.25) is 5.88 Å². The second-order valence-electron chi connectivity index (χ2n) is 5.99. The number of ether oxygens (including phenoxy) is 1. The third-order valence-corrected chi connectivity index (χ3v) is 4.69. The molecule has 8 heteroatoms. The molecular weight excluding hydrogens is 377 g/mol. The van der Waals surface area contributed by atoms with Crippen LogP contribution in [0.15, 0.2) is 53.0 Å². The lowest BCUT2D eigenvalue weighted by molar-refractivity contribution is 0.450. The first-order chi connectivity index (χ1) is 13.6. The number of hydrogen-bond donors (Lipinski definition) is 2. The maximum absolute atomic E-state index is 13.4. The van der Waals surface area contributed by atoms with Gasteiger partial charge in [-0.15, -0.1) is 11.3 Å². The molecule has 6 nitrogen and oxygen atoms in total. The van der Waals surface area contributed by atoms with Gasteiger partial charge in [-0.25, -0.2) is 14.4 Å². The van der Waals surface area contributed by atoms with Gasteiger partial charge >= 0.3 is 0 Å². The molecule has 2 heterocycles. The molecule has 28 heavy (non-hydrogen) atoms. The lowest BCUT2D eigenvalue weighted by Gasteiger charge is -2.14. The Bertz CT molecular complexity index is 944. The van der Waals surface area contributed by atoms with Crippen LogP contribution < -0.4 is 15.4 Å². The monoisotopic (exact) mass is 399 g/mol. The molecule has 2 aromatic heterocycles. The van der Waals surface area contributed by atoms with Crippen LogP contribution in [0.25, 0.3) is 0 Å². The summed E-state index contributed by atoms with van der Waals surface area (Å²) in [6, 6.07) is 9.72. The molecule has 0 aliphatic rings. The van der Waals surface area contributed by atoms with E-state index in [1.54, 1.807) is 36.7 Å². The summed E-state index contributed by atoms with van der Waals surface area (Å²) in [7, 11) is 1.72. The number of aryl methyl sites for hydroxylation is 1. The Kier molecular flexibility index (Phi) is 6.91. The highest BCUT2D eigenvalue weighted by molar-refractivity contribution is 7.09. The van der Waals surface area contributed by atoms with Crippen molar-refractivity contribution in [1.82, 2.24) is 20.6 Å². The van der Waals surface area contributed by atoms with E-state index in [4.69, 9.17) is 4.74 Å². The Morgan fingerprint density at radius 1 is 1.25 bits per heavy atom. The largest absolute Gasteiger partial charge is 0.439 e. The summed E-state index contributed by atoms with van der Waals surface area (Å²) in [5.74, 6) is 1.15. The lowest BCUT2D eigenvalue weighted by Crippen LogP contribution is -2.38. The number of nitrogens with zero attached hydrogens (tertiary/aromatic N) is 3. The molecule has 2 N–H and O–H groups in total. The summed E-state index contributed by atoms with van der Waals surface area (Å²) in [5.41, 5.74) is 1.91. The van der Waals surface area contributed by atoms with Crippen LogP contribution >= 0.6 is 11.3 Å². The fourth-order valence-corrected chi connectivity index (χ4v) is 3.17. The third-order valence-electron chi connectivity index (χ3n) is 3.87. The second-order valence-corrected chi connectivity index (χ2v) is 7.05. The normalized spacial score (nSPS) is 11.3. The molecule has 0 amide bonds. The van der Waals surface area contributed by atoms with Crippen molar-refractivity contribution in [1.29, 1.82) is 0 Å². The van der Waals surface area contributed by atoms with E-state index < -0.39 is 0 Å². The van der Waals surface area contributed by atoms with E-state index in [1.165, 1.54) is 12.1 Å². The number of halogens is 1. The highest BCUT2D eigenvalue weighted by atomic mass is 32.1. The average molecular weight is 399 g/mol. The highest BCUT2D eigenvalue weighted by Crippen LogP contribution is 2.23. The molecule has 0 saturated carbocycles. The second kappa shape index (κ2) is 9.80. The summed E-state index contributed by atoms with van der Waals surface area (Å²) in [5, 5.41) is 9.65. The van der Waals surface area contributed by atoms with E-state index in [9.17, 15) is 4.39 Å². The van der Waals surface area contributed by atoms with Gasteiger partial charge in [-0.2, -0.15) is 0 Å². The van der Waals surface area contributed by atoms with Crippen molar-refractivity contribution in [2.75, 3.05) is 13.6 Å². The van der Waals surface area contributed by atoms with E-state index in [-0.39, 0.29) is 5.82 Å². The smallest absolute Gasteiger partial charge is 0.224 e.